The Hall–Kier alpha value is -2.20. The molecule has 0 aromatic heterocycles. The minimum atomic E-state index is 0.865. The molecule has 82 valence electrons. The fraction of sp³-hybridized carbons (Fsp3) is 0.125. The third kappa shape index (κ3) is 1.79. The molecule has 2 aromatic rings. The first-order valence-electron chi connectivity index (χ1n) is 5.63. The van der Waals surface area contributed by atoms with Crippen LogP contribution in [0.5, 0.6) is 5.75 Å². The van der Waals surface area contributed by atoms with Gasteiger partial charge in [-0.1, -0.05) is 36.1 Å². The molecule has 0 fully saturated rings. The molecule has 1 aliphatic carbocycles. The Bertz CT molecular complexity index is 629. The van der Waals surface area contributed by atoms with Crippen LogP contribution in [-0.4, -0.2) is 7.11 Å². The molecule has 0 N–H and O–H groups in total. The molecule has 0 saturated heterocycles. The number of fused-ring (bicyclic) bond motifs is 2. The van der Waals surface area contributed by atoms with E-state index >= 15 is 0 Å². The molecule has 1 heteroatoms. The van der Waals surface area contributed by atoms with Gasteiger partial charge in [-0.25, -0.2) is 0 Å². The molecule has 3 rings (SSSR count). The van der Waals surface area contributed by atoms with Crippen molar-refractivity contribution in [2.75, 3.05) is 7.11 Å². The van der Waals surface area contributed by atoms with E-state index in [1.165, 1.54) is 11.1 Å². The Labute approximate surface area is 101 Å². The fourth-order valence-electron chi connectivity index (χ4n) is 2.09. The molecule has 0 saturated carbocycles. The molecule has 0 unspecified atom stereocenters. The number of methoxy groups -OCH3 is 1. The van der Waals surface area contributed by atoms with Crippen LogP contribution in [0.25, 0.3) is 0 Å². The summed E-state index contributed by atoms with van der Waals surface area (Å²) in [6, 6.07) is 14.4. The van der Waals surface area contributed by atoms with Crippen LogP contribution in [0.15, 0.2) is 42.5 Å². The number of hydrogen-bond acceptors (Lipinski definition) is 1. The van der Waals surface area contributed by atoms with Crippen molar-refractivity contribution in [2.45, 2.75) is 6.42 Å². The van der Waals surface area contributed by atoms with Crippen LogP contribution in [0.1, 0.15) is 22.3 Å². The minimum Gasteiger partial charge on any atom is -0.497 e. The summed E-state index contributed by atoms with van der Waals surface area (Å²) in [5.41, 5.74) is 4.76. The zero-order valence-electron chi connectivity index (χ0n) is 9.66. The molecule has 2 aromatic carbocycles. The third-order valence-corrected chi connectivity index (χ3v) is 3.05. The summed E-state index contributed by atoms with van der Waals surface area (Å²) < 4.78 is 5.23. The van der Waals surface area contributed by atoms with E-state index in [2.05, 4.69) is 36.1 Å². The van der Waals surface area contributed by atoms with Crippen LogP contribution in [0.3, 0.4) is 0 Å². The highest BCUT2D eigenvalue weighted by molar-refractivity contribution is 5.56. The second kappa shape index (κ2) is 3.99. The van der Waals surface area contributed by atoms with Crippen molar-refractivity contribution < 1.29 is 4.74 Å². The lowest BCUT2D eigenvalue weighted by atomic mass is 9.99. The first-order valence-corrected chi connectivity index (χ1v) is 5.63. The maximum atomic E-state index is 5.23. The topological polar surface area (TPSA) is 9.23 Å². The second-order valence-corrected chi connectivity index (χ2v) is 4.11. The van der Waals surface area contributed by atoms with E-state index in [1.807, 2.05) is 18.2 Å². The second-order valence-electron chi connectivity index (χ2n) is 4.11. The van der Waals surface area contributed by atoms with E-state index in [-0.39, 0.29) is 0 Å². The van der Waals surface area contributed by atoms with Crippen molar-refractivity contribution in [1.82, 2.24) is 0 Å². The molecule has 0 radical (unpaired) electrons. The summed E-state index contributed by atoms with van der Waals surface area (Å²) in [4.78, 5) is 0. The Morgan fingerprint density at radius 1 is 0.941 bits per heavy atom. The van der Waals surface area contributed by atoms with Crippen LogP contribution in [0.4, 0.5) is 0 Å². The van der Waals surface area contributed by atoms with Crippen LogP contribution < -0.4 is 4.74 Å². The van der Waals surface area contributed by atoms with Crippen molar-refractivity contribution in [3.63, 3.8) is 0 Å². The standard InChI is InChI=1S/C16H12O/c1-17-16-9-8-14-10-13-5-3-2-4-12(13)6-7-15(14)11-16/h2-5,8-9,11H,10H2,1H3. The SMILES string of the molecule is COc1ccc2c(c1)C#Cc1ccccc1C2. The van der Waals surface area contributed by atoms with Crippen LogP contribution >= 0.6 is 0 Å². The van der Waals surface area contributed by atoms with E-state index in [9.17, 15) is 0 Å². The van der Waals surface area contributed by atoms with Gasteiger partial charge in [-0.2, -0.15) is 0 Å². The lowest BCUT2D eigenvalue weighted by molar-refractivity contribution is 0.414. The Morgan fingerprint density at radius 2 is 1.71 bits per heavy atom. The molecule has 0 aliphatic heterocycles. The first-order chi connectivity index (χ1) is 8.36. The van der Waals surface area contributed by atoms with Gasteiger partial charge in [0.25, 0.3) is 0 Å². The Balaban J connectivity index is 2.14. The van der Waals surface area contributed by atoms with Crippen LogP contribution in [-0.2, 0) is 6.42 Å². The molecule has 1 aliphatic rings. The molecular weight excluding hydrogens is 208 g/mol. The van der Waals surface area contributed by atoms with Gasteiger partial charge < -0.3 is 4.74 Å². The molecule has 0 atom stereocenters. The molecule has 0 amide bonds. The highest BCUT2D eigenvalue weighted by atomic mass is 16.5. The average molecular weight is 220 g/mol. The Morgan fingerprint density at radius 3 is 2.59 bits per heavy atom. The summed E-state index contributed by atoms with van der Waals surface area (Å²) in [6.45, 7) is 0. The van der Waals surface area contributed by atoms with Gasteiger partial charge in [0.2, 0.25) is 0 Å². The smallest absolute Gasteiger partial charge is 0.120 e. The van der Waals surface area contributed by atoms with Crippen molar-refractivity contribution in [3.05, 3.63) is 64.7 Å². The largest absolute Gasteiger partial charge is 0.497 e. The minimum absolute atomic E-state index is 0.865. The van der Waals surface area contributed by atoms with Gasteiger partial charge in [-0.3, -0.25) is 0 Å². The van der Waals surface area contributed by atoms with Crippen molar-refractivity contribution in [1.29, 1.82) is 0 Å². The monoisotopic (exact) mass is 220 g/mol. The highest BCUT2D eigenvalue weighted by Crippen LogP contribution is 2.23. The van der Waals surface area contributed by atoms with E-state index in [0.29, 0.717) is 0 Å². The fourth-order valence-corrected chi connectivity index (χ4v) is 2.09. The molecule has 0 bridgehead atoms. The normalized spacial score (nSPS) is 11.6. The van der Waals surface area contributed by atoms with Crippen LogP contribution in [0.2, 0.25) is 0 Å². The first kappa shape index (κ1) is 9.99. The zero-order valence-corrected chi connectivity index (χ0v) is 9.66. The van der Waals surface area contributed by atoms with Gasteiger partial charge in [0.05, 0.1) is 7.11 Å². The van der Waals surface area contributed by atoms with E-state index in [4.69, 9.17) is 4.74 Å². The van der Waals surface area contributed by atoms with E-state index in [0.717, 1.165) is 23.3 Å². The highest BCUT2D eigenvalue weighted by Gasteiger charge is 2.09. The van der Waals surface area contributed by atoms with E-state index in [1.54, 1.807) is 7.11 Å². The third-order valence-electron chi connectivity index (χ3n) is 3.05. The molecule has 0 spiro atoms. The molecule has 0 heterocycles. The van der Waals surface area contributed by atoms with Crippen molar-refractivity contribution >= 4 is 0 Å². The number of ether oxygens (including phenoxy) is 1. The number of hydrogen-bond donors (Lipinski definition) is 0. The van der Waals surface area contributed by atoms with Crippen molar-refractivity contribution in [3.8, 4) is 17.6 Å². The predicted molar refractivity (Wildman–Crippen MR) is 68.2 cm³/mol. The molecule has 17 heavy (non-hydrogen) atoms. The number of benzene rings is 2. The average Bonchev–Trinajstić information content (AvgIpc) is 2.57. The van der Waals surface area contributed by atoms with Gasteiger partial charge in [-0.05, 0) is 35.7 Å². The predicted octanol–water partition coefficient (Wildman–Crippen LogP) is 3.00. The lowest BCUT2D eigenvalue weighted by Gasteiger charge is -2.06. The van der Waals surface area contributed by atoms with E-state index < -0.39 is 0 Å². The Kier molecular flexibility index (Phi) is 2.34. The molecule has 1 nitrogen and oxygen atoms in total. The maximum Gasteiger partial charge on any atom is 0.120 e. The summed E-state index contributed by atoms with van der Waals surface area (Å²) in [6.07, 6.45) is 0.926. The quantitative estimate of drug-likeness (QED) is 0.573. The maximum absolute atomic E-state index is 5.23. The van der Waals surface area contributed by atoms with Gasteiger partial charge in [-0.15, -0.1) is 0 Å². The molecular formula is C16H12O. The van der Waals surface area contributed by atoms with Gasteiger partial charge >= 0.3 is 0 Å². The van der Waals surface area contributed by atoms with Crippen molar-refractivity contribution in [2.24, 2.45) is 0 Å². The zero-order chi connectivity index (χ0) is 11.7. The van der Waals surface area contributed by atoms with Gasteiger partial charge in [0.15, 0.2) is 0 Å². The van der Waals surface area contributed by atoms with Crippen LogP contribution in [0, 0.1) is 11.8 Å². The van der Waals surface area contributed by atoms with Gasteiger partial charge in [0.1, 0.15) is 5.75 Å². The number of rotatable bonds is 1. The summed E-state index contributed by atoms with van der Waals surface area (Å²) in [5, 5.41) is 0. The summed E-state index contributed by atoms with van der Waals surface area (Å²) in [5.74, 6) is 7.32. The van der Waals surface area contributed by atoms with Gasteiger partial charge in [0, 0.05) is 11.1 Å². The summed E-state index contributed by atoms with van der Waals surface area (Å²) >= 11 is 0. The lowest BCUT2D eigenvalue weighted by Crippen LogP contribution is -1.93. The summed E-state index contributed by atoms with van der Waals surface area (Å²) in [7, 11) is 1.68.